The van der Waals surface area contributed by atoms with Crippen molar-refractivity contribution in [1.29, 1.82) is 0 Å². The summed E-state index contributed by atoms with van der Waals surface area (Å²) in [6, 6.07) is 16.7. The molecule has 0 saturated carbocycles. The van der Waals surface area contributed by atoms with Crippen molar-refractivity contribution in [3.63, 3.8) is 0 Å². The highest BCUT2D eigenvalue weighted by Gasteiger charge is 2.07. The predicted octanol–water partition coefficient (Wildman–Crippen LogP) is 2.74. The maximum absolute atomic E-state index is 12.0. The Balaban J connectivity index is 1.64. The highest BCUT2D eigenvalue weighted by Crippen LogP contribution is 2.14. The van der Waals surface area contributed by atoms with Crippen LogP contribution >= 0.6 is 0 Å². The average molecular weight is 340 g/mol. The monoisotopic (exact) mass is 340 g/mol. The van der Waals surface area contributed by atoms with E-state index >= 15 is 0 Å². The molecule has 0 aliphatic rings. The van der Waals surface area contributed by atoms with Crippen LogP contribution in [0.25, 0.3) is 0 Å². The second kappa shape index (κ2) is 9.47. The molecule has 2 N–H and O–H groups in total. The largest absolute Gasteiger partial charge is 0.484 e. The molecule has 0 saturated heterocycles. The lowest BCUT2D eigenvalue weighted by Crippen LogP contribution is -2.36. The number of para-hydroxylation sites is 1. The Bertz CT molecular complexity index is 682. The maximum atomic E-state index is 12.0. The molecule has 0 fully saturated rings. The smallest absolute Gasteiger partial charge is 0.258 e. The molecule has 132 valence electrons. The summed E-state index contributed by atoms with van der Waals surface area (Å²) in [7, 11) is 0. The number of hydrogen-bond donors (Lipinski definition) is 2. The SMILES string of the molecule is CC(C)c1ccc(C(=O)NCCNC(=O)COc2ccccc2)cc1. The van der Waals surface area contributed by atoms with Crippen molar-refractivity contribution in [2.75, 3.05) is 19.7 Å². The van der Waals surface area contributed by atoms with Gasteiger partial charge in [0.15, 0.2) is 6.61 Å². The van der Waals surface area contributed by atoms with Gasteiger partial charge in [-0.25, -0.2) is 0 Å². The van der Waals surface area contributed by atoms with Gasteiger partial charge in [0.05, 0.1) is 0 Å². The van der Waals surface area contributed by atoms with E-state index in [9.17, 15) is 9.59 Å². The number of ether oxygens (including phenoxy) is 1. The molecule has 0 heterocycles. The zero-order chi connectivity index (χ0) is 18.1. The topological polar surface area (TPSA) is 67.4 Å². The molecule has 2 aromatic carbocycles. The number of rotatable bonds is 8. The Hall–Kier alpha value is -2.82. The van der Waals surface area contributed by atoms with E-state index in [1.807, 2.05) is 42.5 Å². The number of amides is 2. The van der Waals surface area contributed by atoms with Crippen LogP contribution in [0.2, 0.25) is 0 Å². The summed E-state index contributed by atoms with van der Waals surface area (Å²) in [4.78, 5) is 23.7. The highest BCUT2D eigenvalue weighted by atomic mass is 16.5. The van der Waals surface area contributed by atoms with Gasteiger partial charge in [-0.15, -0.1) is 0 Å². The molecule has 0 radical (unpaired) electrons. The first-order chi connectivity index (χ1) is 12.1. The van der Waals surface area contributed by atoms with E-state index in [-0.39, 0.29) is 18.4 Å². The summed E-state index contributed by atoms with van der Waals surface area (Å²) >= 11 is 0. The van der Waals surface area contributed by atoms with Gasteiger partial charge in [0, 0.05) is 18.7 Å². The van der Waals surface area contributed by atoms with Crippen molar-refractivity contribution < 1.29 is 14.3 Å². The minimum Gasteiger partial charge on any atom is -0.484 e. The molecule has 0 spiro atoms. The number of hydrogen-bond acceptors (Lipinski definition) is 3. The molecule has 0 aliphatic heterocycles. The lowest BCUT2D eigenvalue weighted by Gasteiger charge is -2.09. The van der Waals surface area contributed by atoms with E-state index in [0.29, 0.717) is 30.3 Å². The van der Waals surface area contributed by atoms with Crippen LogP contribution in [0.3, 0.4) is 0 Å². The van der Waals surface area contributed by atoms with E-state index < -0.39 is 0 Å². The van der Waals surface area contributed by atoms with Gasteiger partial charge in [-0.1, -0.05) is 44.2 Å². The highest BCUT2D eigenvalue weighted by molar-refractivity contribution is 5.94. The van der Waals surface area contributed by atoms with E-state index in [0.717, 1.165) is 0 Å². The molecule has 5 heteroatoms. The van der Waals surface area contributed by atoms with Gasteiger partial charge in [-0.05, 0) is 35.7 Å². The second-order valence-electron chi connectivity index (χ2n) is 5.98. The van der Waals surface area contributed by atoms with E-state index in [1.54, 1.807) is 12.1 Å². The number of carbonyl (C=O) groups excluding carboxylic acids is 2. The van der Waals surface area contributed by atoms with Crippen LogP contribution in [0.4, 0.5) is 0 Å². The Morgan fingerprint density at radius 1 is 0.920 bits per heavy atom. The van der Waals surface area contributed by atoms with Crippen LogP contribution in [0, 0.1) is 0 Å². The van der Waals surface area contributed by atoms with Crippen LogP contribution in [0.1, 0.15) is 35.7 Å². The van der Waals surface area contributed by atoms with Crippen LogP contribution in [0.5, 0.6) is 5.75 Å². The van der Waals surface area contributed by atoms with Crippen molar-refractivity contribution >= 4 is 11.8 Å². The van der Waals surface area contributed by atoms with Gasteiger partial charge in [0.2, 0.25) is 0 Å². The summed E-state index contributed by atoms with van der Waals surface area (Å²) in [5.74, 6) is 0.714. The molecule has 2 aromatic rings. The third-order valence-corrected chi connectivity index (χ3v) is 3.69. The Labute approximate surface area is 148 Å². The van der Waals surface area contributed by atoms with Crippen LogP contribution in [0.15, 0.2) is 54.6 Å². The zero-order valence-electron chi connectivity index (χ0n) is 14.6. The van der Waals surface area contributed by atoms with E-state index in [4.69, 9.17) is 4.74 Å². The first kappa shape index (κ1) is 18.5. The first-order valence-corrected chi connectivity index (χ1v) is 8.39. The molecular weight excluding hydrogens is 316 g/mol. The molecular formula is C20H24N2O3. The van der Waals surface area contributed by atoms with Crippen LogP contribution in [-0.2, 0) is 4.79 Å². The van der Waals surface area contributed by atoms with Crippen molar-refractivity contribution in [1.82, 2.24) is 10.6 Å². The number of nitrogens with one attached hydrogen (secondary N) is 2. The summed E-state index contributed by atoms with van der Waals surface area (Å²) < 4.78 is 5.35. The molecule has 0 aromatic heterocycles. The summed E-state index contributed by atoms with van der Waals surface area (Å²) in [5.41, 5.74) is 1.81. The lowest BCUT2D eigenvalue weighted by molar-refractivity contribution is -0.123. The summed E-state index contributed by atoms with van der Waals surface area (Å²) in [6.07, 6.45) is 0. The number of benzene rings is 2. The van der Waals surface area contributed by atoms with E-state index in [2.05, 4.69) is 24.5 Å². The molecule has 0 bridgehead atoms. The fourth-order valence-electron chi connectivity index (χ4n) is 2.22. The van der Waals surface area contributed by atoms with Gasteiger partial charge in [0.25, 0.3) is 11.8 Å². The molecule has 0 aliphatic carbocycles. The van der Waals surface area contributed by atoms with Crippen molar-refractivity contribution in [3.8, 4) is 5.75 Å². The minimum atomic E-state index is -0.223. The molecule has 2 amide bonds. The zero-order valence-corrected chi connectivity index (χ0v) is 14.6. The third kappa shape index (κ3) is 6.30. The summed E-state index contributed by atoms with van der Waals surface area (Å²) in [6.45, 7) is 4.89. The third-order valence-electron chi connectivity index (χ3n) is 3.69. The molecule has 2 rings (SSSR count). The van der Waals surface area contributed by atoms with Gasteiger partial charge < -0.3 is 15.4 Å². The maximum Gasteiger partial charge on any atom is 0.258 e. The minimum absolute atomic E-state index is 0.0470. The van der Waals surface area contributed by atoms with Crippen LogP contribution in [-0.4, -0.2) is 31.5 Å². The van der Waals surface area contributed by atoms with Gasteiger partial charge >= 0.3 is 0 Å². The average Bonchev–Trinajstić information content (AvgIpc) is 2.64. The predicted molar refractivity (Wildman–Crippen MR) is 97.8 cm³/mol. The van der Waals surface area contributed by atoms with Gasteiger partial charge in [-0.3, -0.25) is 9.59 Å². The number of carbonyl (C=O) groups is 2. The van der Waals surface area contributed by atoms with Crippen molar-refractivity contribution in [2.45, 2.75) is 19.8 Å². The molecule has 5 nitrogen and oxygen atoms in total. The van der Waals surface area contributed by atoms with E-state index in [1.165, 1.54) is 5.56 Å². The fourth-order valence-corrected chi connectivity index (χ4v) is 2.22. The van der Waals surface area contributed by atoms with Crippen LogP contribution < -0.4 is 15.4 Å². The van der Waals surface area contributed by atoms with Gasteiger partial charge in [0.1, 0.15) is 5.75 Å². The van der Waals surface area contributed by atoms with Crippen molar-refractivity contribution in [3.05, 3.63) is 65.7 Å². The van der Waals surface area contributed by atoms with Gasteiger partial charge in [-0.2, -0.15) is 0 Å². The lowest BCUT2D eigenvalue weighted by atomic mass is 10.0. The standard InChI is InChI=1S/C20H24N2O3/c1-15(2)16-8-10-17(11-9-16)20(24)22-13-12-21-19(23)14-25-18-6-4-3-5-7-18/h3-11,15H,12-14H2,1-2H3,(H,21,23)(H,22,24). The molecule has 0 atom stereocenters. The molecule has 0 unspecified atom stereocenters. The Morgan fingerprint density at radius 2 is 1.56 bits per heavy atom. The Morgan fingerprint density at radius 3 is 2.20 bits per heavy atom. The summed E-state index contributed by atoms with van der Waals surface area (Å²) in [5, 5.41) is 5.49. The second-order valence-corrected chi connectivity index (χ2v) is 5.98. The Kier molecular flexibility index (Phi) is 7.01. The fraction of sp³-hybridized carbons (Fsp3) is 0.300. The molecule has 25 heavy (non-hydrogen) atoms. The quantitative estimate of drug-likeness (QED) is 0.726. The first-order valence-electron chi connectivity index (χ1n) is 8.39. The normalized spacial score (nSPS) is 10.4. The van der Waals surface area contributed by atoms with Crippen molar-refractivity contribution in [2.24, 2.45) is 0 Å².